The SMILES string of the molecule is CC1CNCC1C(=O)Nc1ccc(OCCN(C)C)cc1. The molecule has 21 heavy (non-hydrogen) atoms. The van der Waals surface area contributed by atoms with Gasteiger partial charge in [0, 0.05) is 18.8 Å². The zero-order valence-electron chi connectivity index (χ0n) is 13.1. The van der Waals surface area contributed by atoms with Gasteiger partial charge in [-0.25, -0.2) is 0 Å². The van der Waals surface area contributed by atoms with Crippen LogP contribution in [0.15, 0.2) is 24.3 Å². The summed E-state index contributed by atoms with van der Waals surface area (Å²) < 4.78 is 5.63. The topological polar surface area (TPSA) is 53.6 Å². The van der Waals surface area contributed by atoms with Crippen molar-refractivity contribution in [1.82, 2.24) is 10.2 Å². The van der Waals surface area contributed by atoms with E-state index in [0.717, 1.165) is 31.1 Å². The Bertz CT molecular complexity index is 459. The summed E-state index contributed by atoms with van der Waals surface area (Å²) in [7, 11) is 4.03. The predicted molar refractivity (Wildman–Crippen MR) is 84.6 cm³/mol. The minimum Gasteiger partial charge on any atom is -0.492 e. The summed E-state index contributed by atoms with van der Waals surface area (Å²) in [5.41, 5.74) is 0.819. The Balaban J connectivity index is 1.83. The van der Waals surface area contributed by atoms with Crippen LogP contribution >= 0.6 is 0 Å². The zero-order valence-corrected chi connectivity index (χ0v) is 13.1. The fourth-order valence-corrected chi connectivity index (χ4v) is 2.38. The number of benzene rings is 1. The first kappa shape index (κ1) is 15.8. The molecule has 1 aromatic carbocycles. The molecule has 1 fully saturated rings. The molecule has 1 aromatic rings. The van der Waals surface area contributed by atoms with E-state index in [4.69, 9.17) is 4.74 Å². The molecule has 2 N–H and O–H groups in total. The van der Waals surface area contributed by atoms with Crippen LogP contribution in [0.5, 0.6) is 5.75 Å². The monoisotopic (exact) mass is 291 g/mol. The van der Waals surface area contributed by atoms with Gasteiger partial charge in [0.05, 0.1) is 5.92 Å². The molecule has 2 atom stereocenters. The van der Waals surface area contributed by atoms with E-state index in [1.54, 1.807) is 0 Å². The molecule has 0 aliphatic carbocycles. The van der Waals surface area contributed by atoms with Crippen molar-refractivity contribution in [2.24, 2.45) is 11.8 Å². The second-order valence-corrected chi connectivity index (χ2v) is 5.91. The number of anilines is 1. The molecule has 1 amide bonds. The number of hydrogen-bond donors (Lipinski definition) is 2. The fraction of sp³-hybridized carbons (Fsp3) is 0.562. The standard InChI is InChI=1S/C16H25N3O2/c1-12-10-17-11-15(12)16(20)18-13-4-6-14(7-5-13)21-9-8-19(2)3/h4-7,12,15,17H,8-11H2,1-3H3,(H,18,20). The minimum absolute atomic E-state index is 0.0565. The highest BCUT2D eigenvalue weighted by atomic mass is 16.5. The molecule has 5 heteroatoms. The van der Waals surface area contributed by atoms with Crippen molar-refractivity contribution in [2.45, 2.75) is 6.92 Å². The van der Waals surface area contributed by atoms with Gasteiger partial charge in [-0.1, -0.05) is 6.92 Å². The van der Waals surface area contributed by atoms with Crippen molar-refractivity contribution in [3.05, 3.63) is 24.3 Å². The summed E-state index contributed by atoms with van der Waals surface area (Å²) in [4.78, 5) is 14.2. The lowest BCUT2D eigenvalue weighted by Crippen LogP contribution is -2.27. The molecular formula is C16H25N3O2. The van der Waals surface area contributed by atoms with Gasteiger partial charge in [0.2, 0.25) is 5.91 Å². The first-order valence-corrected chi connectivity index (χ1v) is 7.45. The summed E-state index contributed by atoms with van der Waals surface area (Å²) >= 11 is 0. The summed E-state index contributed by atoms with van der Waals surface area (Å²) in [5, 5.41) is 6.22. The number of ether oxygens (including phenoxy) is 1. The summed E-state index contributed by atoms with van der Waals surface area (Å²) in [6, 6.07) is 7.55. The molecule has 0 bridgehead atoms. The number of nitrogens with zero attached hydrogens (tertiary/aromatic N) is 1. The normalized spacial score (nSPS) is 21.5. The largest absolute Gasteiger partial charge is 0.492 e. The van der Waals surface area contributed by atoms with Crippen LogP contribution in [0.1, 0.15) is 6.92 Å². The number of carbonyl (C=O) groups is 1. The average molecular weight is 291 g/mol. The third kappa shape index (κ3) is 4.72. The molecule has 5 nitrogen and oxygen atoms in total. The van der Waals surface area contributed by atoms with Crippen LogP contribution < -0.4 is 15.4 Å². The van der Waals surface area contributed by atoms with E-state index in [1.807, 2.05) is 38.4 Å². The van der Waals surface area contributed by atoms with Crippen LogP contribution in [-0.4, -0.2) is 51.1 Å². The lowest BCUT2D eigenvalue weighted by Gasteiger charge is -2.15. The molecule has 1 heterocycles. The van der Waals surface area contributed by atoms with Crippen molar-refractivity contribution in [3.8, 4) is 5.75 Å². The van der Waals surface area contributed by atoms with Crippen molar-refractivity contribution in [3.63, 3.8) is 0 Å². The quantitative estimate of drug-likeness (QED) is 0.832. The number of hydrogen-bond acceptors (Lipinski definition) is 4. The summed E-state index contributed by atoms with van der Waals surface area (Å²) in [6.45, 7) is 5.32. The van der Waals surface area contributed by atoms with Gasteiger partial charge in [-0.05, 0) is 50.8 Å². The Morgan fingerprint density at radius 2 is 2.05 bits per heavy atom. The van der Waals surface area contributed by atoms with E-state index >= 15 is 0 Å². The van der Waals surface area contributed by atoms with Crippen molar-refractivity contribution >= 4 is 11.6 Å². The smallest absolute Gasteiger partial charge is 0.229 e. The number of carbonyl (C=O) groups excluding carboxylic acids is 1. The maximum Gasteiger partial charge on any atom is 0.229 e. The Kier molecular flexibility index (Phi) is 5.59. The maximum atomic E-state index is 12.2. The fourth-order valence-electron chi connectivity index (χ4n) is 2.38. The third-order valence-corrected chi connectivity index (χ3v) is 3.78. The van der Waals surface area contributed by atoms with Crippen LogP contribution in [0.2, 0.25) is 0 Å². The van der Waals surface area contributed by atoms with E-state index in [1.165, 1.54) is 0 Å². The summed E-state index contributed by atoms with van der Waals surface area (Å²) in [5.74, 6) is 1.36. The number of nitrogens with one attached hydrogen (secondary N) is 2. The summed E-state index contributed by atoms with van der Waals surface area (Å²) in [6.07, 6.45) is 0. The molecule has 0 spiro atoms. The van der Waals surface area contributed by atoms with Gasteiger partial charge in [-0.3, -0.25) is 4.79 Å². The molecule has 2 unspecified atom stereocenters. The van der Waals surface area contributed by atoms with Gasteiger partial charge in [0.15, 0.2) is 0 Å². The number of likely N-dealkylation sites (N-methyl/N-ethyl adjacent to an activating group) is 1. The molecule has 1 saturated heterocycles. The molecular weight excluding hydrogens is 266 g/mol. The predicted octanol–water partition coefficient (Wildman–Crippen LogP) is 1.42. The van der Waals surface area contributed by atoms with Crippen LogP contribution in [-0.2, 0) is 4.79 Å². The van der Waals surface area contributed by atoms with E-state index in [2.05, 4.69) is 22.5 Å². The van der Waals surface area contributed by atoms with E-state index < -0.39 is 0 Å². The number of rotatable bonds is 6. The van der Waals surface area contributed by atoms with Crippen molar-refractivity contribution < 1.29 is 9.53 Å². The van der Waals surface area contributed by atoms with Gasteiger partial charge in [0.1, 0.15) is 12.4 Å². The van der Waals surface area contributed by atoms with Crippen molar-refractivity contribution in [1.29, 1.82) is 0 Å². The van der Waals surface area contributed by atoms with E-state index in [9.17, 15) is 4.79 Å². The Morgan fingerprint density at radius 3 is 2.62 bits per heavy atom. The molecule has 0 aromatic heterocycles. The third-order valence-electron chi connectivity index (χ3n) is 3.78. The second kappa shape index (κ2) is 7.43. The molecule has 0 radical (unpaired) electrons. The van der Waals surface area contributed by atoms with Crippen LogP contribution in [0.3, 0.4) is 0 Å². The molecule has 116 valence electrons. The number of amides is 1. The lowest BCUT2D eigenvalue weighted by molar-refractivity contribution is -0.120. The minimum atomic E-state index is 0.0565. The Morgan fingerprint density at radius 1 is 1.33 bits per heavy atom. The van der Waals surface area contributed by atoms with Gasteiger partial charge < -0.3 is 20.3 Å². The van der Waals surface area contributed by atoms with Crippen LogP contribution in [0.4, 0.5) is 5.69 Å². The van der Waals surface area contributed by atoms with E-state index in [0.29, 0.717) is 12.5 Å². The molecule has 0 saturated carbocycles. The Labute approximate surface area is 126 Å². The first-order chi connectivity index (χ1) is 10.1. The van der Waals surface area contributed by atoms with Gasteiger partial charge in [-0.15, -0.1) is 0 Å². The molecule has 1 aliphatic rings. The highest BCUT2D eigenvalue weighted by Gasteiger charge is 2.29. The average Bonchev–Trinajstić information content (AvgIpc) is 2.87. The first-order valence-electron chi connectivity index (χ1n) is 7.45. The molecule has 1 aliphatic heterocycles. The highest BCUT2D eigenvalue weighted by Crippen LogP contribution is 2.20. The lowest BCUT2D eigenvalue weighted by atomic mass is 9.97. The van der Waals surface area contributed by atoms with Crippen LogP contribution in [0, 0.1) is 11.8 Å². The van der Waals surface area contributed by atoms with Gasteiger partial charge >= 0.3 is 0 Å². The second-order valence-electron chi connectivity index (χ2n) is 5.91. The van der Waals surface area contributed by atoms with Gasteiger partial charge in [-0.2, -0.15) is 0 Å². The van der Waals surface area contributed by atoms with Crippen molar-refractivity contribution in [2.75, 3.05) is 45.7 Å². The zero-order chi connectivity index (χ0) is 15.2. The van der Waals surface area contributed by atoms with Crippen LogP contribution in [0.25, 0.3) is 0 Å². The van der Waals surface area contributed by atoms with Gasteiger partial charge in [0.25, 0.3) is 0 Å². The highest BCUT2D eigenvalue weighted by molar-refractivity contribution is 5.93. The molecule has 2 rings (SSSR count). The van der Waals surface area contributed by atoms with E-state index in [-0.39, 0.29) is 11.8 Å². The maximum absolute atomic E-state index is 12.2. The Hall–Kier alpha value is -1.59.